The van der Waals surface area contributed by atoms with Crippen LogP contribution < -0.4 is 5.32 Å². The van der Waals surface area contributed by atoms with Crippen LogP contribution in [0, 0.1) is 5.82 Å². The van der Waals surface area contributed by atoms with E-state index in [0.717, 1.165) is 35.5 Å². The number of nitrogens with one attached hydrogen (secondary N) is 1. The second-order valence-corrected chi connectivity index (χ2v) is 6.35. The summed E-state index contributed by atoms with van der Waals surface area (Å²) < 4.78 is 18.8. The van der Waals surface area contributed by atoms with Crippen molar-refractivity contribution in [1.29, 1.82) is 0 Å². The van der Waals surface area contributed by atoms with Crippen molar-refractivity contribution in [2.45, 2.75) is 39.7 Å². The van der Waals surface area contributed by atoms with E-state index in [2.05, 4.69) is 10.3 Å². The van der Waals surface area contributed by atoms with Crippen LogP contribution in [-0.4, -0.2) is 24.1 Å². The number of hydrogen-bond acceptors (Lipinski definition) is 5. The third kappa shape index (κ3) is 5.39. The number of aryl methyl sites for hydroxylation is 2. The molecule has 6 heteroatoms. The molecule has 0 aliphatic rings. The molecule has 130 valence electrons. The highest BCUT2D eigenvalue weighted by Gasteiger charge is 2.11. The van der Waals surface area contributed by atoms with Gasteiger partial charge in [-0.2, -0.15) is 0 Å². The fourth-order valence-electron chi connectivity index (χ4n) is 2.30. The number of aromatic nitrogens is 1. The van der Waals surface area contributed by atoms with Gasteiger partial charge in [-0.1, -0.05) is 19.1 Å². The summed E-state index contributed by atoms with van der Waals surface area (Å²) in [5.74, 6) is -0.501. The molecule has 0 aliphatic carbocycles. The van der Waals surface area contributed by atoms with Crippen molar-refractivity contribution in [2.75, 3.05) is 13.2 Å². The van der Waals surface area contributed by atoms with E-state index >= 15 is 0 Å². The Morgan fingerprint density at radius 3 is 2.92 bits per heavy atom. The highest BCUT2D eigenvalue weighted by atomic mass is 32.1. The lowest BCUT2D eigenvalue weighted by Gasteiger charge is -2.06. The molecule has 1 aromatic heterocycles. The van der Waals surface area contributed by atoms with Gasteiger partial charge < -0.3 is 10.1 Å². The molecule has 0 atom stereocenters. The van der Waals surface area contributed by atoms with Gasteiger partial charge in [0.2, 0.25) is 0 Å². The minimum absolute atomic E-state index is 0.117. The van der Waals surface area contributed by atoms with Gasteiger partial charge in [-0.3, -0.25) is 0 Å². The number of hydrogen-bond donors (Lipinski definition) is 1. The summed E-state index contributed by atoms with van der Waals surface area (Å²) in [6.45, 7) is 5.50. The van der Waals surface area contributed by atoms with Gasteiger partial charge in [-0.05, 0) is 49.9 Å². The minimum atomic E-state index is -0.383. The molecule has 1 N–H and O–H groups in total. The number of rotatable bonds is 9. The Labute approximate surface area is 146 Å². The van der Waals surface area contributed by atoms with Crippen LogP contribution in [0.5, 0.6) is 0 Å². The molecule has 1 heterocycles. The molecule has 0 fully saturated rings. The summed E-state index contributed by atoms with van der Waals surface area (Å²) in [6.07, 6.45) is 2.40. The molecule has 2 aromatic rings. The van der Waals surface area contributed by atoms with Crippen LogP contribution in [0.4, 0.5) is 4.39 Å². The molecular weight excluding hydrogens is 327 g/mol. The van der Waals surface area contributed by atoms with E-state index in [-0.39, 0.29) is 11.8 Å². The maximum absolute atomic E-state index is 13.9. The molecule has 0 spiro atoms. The predicted octanol–water partition coefficient (Wildman–Crippen LogP) is 3.74. The molecule has 0 amide bonds. The van der Waals surface area contributed by atoms with Crippen molar-refractivity contribution in [3.8, 4) is 0 Å². The standard InChI is InChI=1S/C18H23FN2O2S/c1-3-13-7-8-14(15(19)10-13)6-5-9-20-11-17-21-16(12-24-17)18(22)23-4-2/h7-8,10,12,20H,3-6,9,11H2,1-2H3. The number of nitrogens with zero attached hydrogens (tertiary/aromatic N) is 1. The summed E-state index contributed by atoms with van der Waals surface area (Å²) in [5.41, 5.74) is 2.14. The van der Waals surface area contributed by atoms with E-state index in [1.54, 1.807) is 18.4 Å². The van der Waals surface area contributed by atoms with Gasteiger partial charge in [0.15, 0.2) is 5.69 Å². The van der Waals surface area contributed by atoms with Gasteiger partial charge in [0.25, 0.3) is 0 Å². The fourth-order valence-corrected chi connectivity index (χ4v) is 3.04. The Bertz CT molecular complexity index is 673. The van der Waals surface area contributed by atoms with E-state index in [1.807, 2.05) is 19.1 Å². The number of carbonyl (C=O) groups is 1. The first-order chi connectivity index (χ1) is 11.6. The average molecular weight is 350 g/mol. The van der Waals surface area contributed by atoms with Crippen molar-refractivity contribution in [3.63, 3.8) is 0 Å². The van der Waals surface area contributed by atoms with Gasteiger partial charge in [0, 0.05) is 11.9 Å². The topological polar surface area (TPSA) is 51.2 Å². The van der Waals surface area contributed by atoms with E-state index < -0.39 is 0 Å². The second-order valence-electron chi connectivity index (χ2n) is 5.41. The van der Waals surface area contributed by atoms with E-state index in [9.17, 15) is 9.18 Å². The summed E-state index contributed by atoms with van der Waals surface area (Å²) in [6, 6.07) is 5.48. The number of carbonyl (C=O) groups excluding carboxylic acids is 1. The van der Waals surface area contributed by atoms with Crippen LogP contribution in [0.3, 0.4) is 0 Å². The molecule has 2 rings (SSSR count). The van der Waals surface area contributed by atoms with E-state index in [4.69, 9.17) is 4.74 Å². The third-order valence-corrected chi connectivity index (χ3v) is 4.49. The number of benzene rings is 1. The lowest BCUT2D eigenvalue weighted by molar-refractivity contribution is 0.0520. The second kappa shape index (κ2) is 9.49. The lowest BCUT2D eigenvalue weighted by Crippen LogP contribution is -2.15. The lowest BCUT2D eigenvalue weighted by atomic mass is 10.1. The van der Waals surface area contributed by atoms with Crippen LogP contribution in [0.1, 0.15) is 46.9 Å². The zero-order chi connectivity index (χ0) is 17.4. The van der Waals surface area contributed by atoms with E-state index in [0.29, 0.717) is 25.3 Å². The molecule has 0 bridgehead atoms. The maximum Gasteiger partial charge on any atom is 0.357 e. The highest BCUT2D eigenvalue weighted by Crippen LogP contribution is 2.13. The van der Waals surface area contributed by atoms with Gasteiger partial charge in [-0.15, -0.1) is 11.3 Å². The molecule has 0 saturated carbocycles. The van der Waals surface area contributed by atoms with Crippen LogP contribution in [0.15, 0.2) is 23.6 Å². The summed E-state index contributed by atoms with van der Waals surface area (Å²) in [7, 11) is 0. The van der Waals surface area contributed by atoms with Crippen LogP contribution in [0.25, 0.3) is 0 Å². The van der Waals surface area contributed by atoms with Crippen molar-refractivity contribution >= 4 is 17.3 Å². The summed E-state index contributed by atoms with van der Waals surface area (Å²) in [4.78, 5) is 15.8. The Hall–Kier alpha value is -1.79. The molecular formula is C18H23FN2O2S. The molecule has 0 aliphatic heterocycles. The quantitative estimate of drug-likeness (QED) is 0.553. The monoisotopic (exact) mass is 350 g/mol. The number of halogens is 1. The zero-order valence-corrected chi connectivity index (χ0v) is 14.9. The summed E-state index contributed by atoms with van der Waals surface area (Å²) in [5, 5.41) is 5.82. The molecule has 0 unspecified atom stereocenters. The van der Waals surface area contributed by atoms with Crippen molar-refractivity contribution in [3.05, 3.63) is 51.2 Å². The van der Waals surface area contributed by atoms with Gasteiger partial charge >= 0.3 is 5.97 Å². The molecule has 1 aromatic carbocycles. The third-order valence-electron chi connectivity index (χ3n) is 3.64. The Balaban J connectivity index is 1.71. The largest absolute Gasteiger partial charge is 0.461 e. The molecule has 4 nitrogen and oxygen atoms in total. The first-order valence-electron chi connectivity index (χ1n) is 8.23. The van der Waals surface area contributed by atoms with Gasteiger partial charge in [0.05, 0.1) is 6.61 Å². The number of ether oxygens (including phenoxy) is 1. The van der Waals surface area contributed by atoms with Crippen molar-refractivity contribution < 1.29 is 13.9 Å². The number of thiazole rings is 1. The Morgan fingerprint density at radius 2 is 2.21 bits per heavy atom. The fraction of sp³-hybridized carbons (Fsp3) is 0.444. The SMILES string of the molecule is CCOC(=O)c1csc(CNCCCc2ccc(CC)cc2F)n1. The normalized spacial score (nSPS) is 10.8. The van der Waals surface area contributed by atoms with Crippen LogP contribution in [0.2, 0.25) is 0 Å². The van der Waals surface area contributed by atoms with Gasteiger partial charge in [-0.25, -0.2) is 14.2 Å². The maximum atomic E-state index is 13.9. The molecule has 0 saturated heterocycles. The van der Waals surface area contributed by atoms with Crippen LogP contribution in [-0.2, 0) is 24.1 Å². The Kier molecular flexibility index (Phi) is 7.34. The highest BCUT2D eigenvalue weighted by molar-refractivity contribution is 7.09. The van der Waals surface area contributed by atoms with E-state index in [1.165, 1.54) is 11.3 Å². The first kappa shape index (κ1) is 18.5. The van der Waals surface area contributed by atoms with Crippen molar-refractivity contribution in [2.24, 2.45) is 0 Å². The van der Waals surface area contributed by atoms with Crippen LogP contribution >= 0.6 is 11.3 Å². The Morgan fingerprint density at radius 1 is 1.38 bits per heavy atom. The number of esters is 1. The summed E-state index contributed by atoms with van der Waals surface area (Å²) >= 11 is 1.43. The van der Waals surface area contributed by atoms with Gasteiger partial charge in [0.1, 0.15) is 10.8 Å². The molecule has 0 radical (unpaired) electrons. The zero-order valence-electron chi connectivity index (χ0n) is 14.1. The molecule has 24 heavy (non-hydrogen) atoms. The minimum Gasteiger partial charge on any atom is -0.461 e. The average Bonchev–Trinajstić information content (AvgIpc) is 3.05. The first-order valence-corrected chi connectivity index (χ1v) is 9.11. The smallest absolute Gasteiger partial charge is 0.357 e. The van der Waals surface area contributed by atoms with Crippen molar-refractivity contribution in [1.82, 2.24) is 10.3 Å². The predicted molar refractivity (Wildman–Crippen MR) is 93.9 cm³/mol.